The molecule has 1 nitrogen and oxygen atoms in total. The van der Waals surface area contributed by atoms with Gasteiger partial charge in [-0.15, -0.1) is 11.3 Å². The number of aliphatic hydroxyl groups excluding tert-OH is 1. The number of rotatable bonds is 4. The Hall–Kier alpha value is -1.40. The van der Waals surface area contributed by atoms with E-state index in [0.717, 1.165) is 28.3 Å². The Morgan fingerprint density at radius 1 is 1.14 bits per heavy atom. The second kappa shape index (κ2) is 6.15. The standard InChI is InChI=1S/C15H14F4OS/c1-2-10-4-5-11(21-10)8-14(20)12-7-9(16)3-6-13(12)15(17,18)19/h3-7,14,20H,2,8H2,1H3. The minimum Gasteiger partial charge on any atom is -0.388 e. The summed E-state index contributed by atoms with van der Waals surface area (Å²) < 4.78 is 51.9. The zero-order valence-electron chi connectivity index (χ0n) is 11.2. The fraction of sp³-hybridized carbons (Fsp3) is 0.333. The molecule has 1 unspecified atom stereocenters. The monoisotopic (exact) mass is 318 g/mol. The number of hydrogen-bond acceptors (Lipinski definition) is 2. The van der Waals surface area contributed by atoms with Crippen LogP contribution < -0.4 is 0 Å². The first-order valence-corrected chi connectivity index (χ1v) is 7.25. The quantitative estimate of drug-likeness (QED) is 0.807. The molecule has 21 heavy (non-hydrogen) atoms. The number of aliphatic hydroxyl groups is 1. The van der Waals surface area contributed by atoms with Gasteiger partial charge in [-0.25, -0.2) is 4.39 Å². The zero-order valence-corrected chi connectivity index (χ0v) is 12.1. The van der Waals surface area contributed by atoms with Crippen LogP contribution in [0.4, 0.5) is 17.6 Å². The molecule has 6 heteroatoms. The first kappa shape index (κ1) is 16.0. The fourth-order valence-corrected chi connectivity index (χ4v) is 3.08. The lowest BCUT2D eigenvalue weighted by molar-refractivity contribution is -0.139. The van der Waals surface area contributed by atoms with E-state index in [-0.39, 0.29) is 6.42 Å². The fourth-order valence-electron chi connectivity index (χ4n) is 2.09. The molecular formula is C15H14F4OS. The Morgan fingerprint density at radius 3 is 2.38 bits per heavy atom. The Morgan fingerprint density at radius 2 is 1.81 bits per heavy atom. The highest BCUT2D eigenvalue weighted by Gasteiger charge is 2.35. The van der Waals surface area contributed by atoms with Crippen molar-refractivity contribution in [3.8, 4) is 0 Å². The van der Waals surface area contributed by atoms with Crippen molar-refractivity contribution in [2.75, 3.05) is 0 Å². The zero-order chi connectivity index (χ0) is 15.6. The molecule has 0 saturated carbocycles. The molecule has 0 amide bonds. The Kier molecular flexibility index (Phi) is 4.68. The van der Waals surface area contributed by atoms with E-state index >= 15 is 0 Å². The van der Waals surface area contributed by atoms with Gasteiger partial charge in [0.2, 0.25) is 0 Å². The van der Waals surface area contributed by atoms with E-state index in [1.165, 1.54) is 11.3 Å². The molecule has 1 atom stereocenters. The predicted octanol–water partition coefficient (Wildman–Crippen LogP) is 4.74. The summed E-state index contributed by atoms with van der Waals surface area (Å²) >= 11 is 1.44. The highest BCUT2D eigenvalue weighted by atomic mass is 32.1. The van der Waals surface area contributed by atoms with Crippen LogP contribution in [0.5, 0.6) is 0 Å². The highest BCUT2D eigenvalue weighted by Crippen LogP contribution is 2.36. The van der Waals surface area contributed by atoms with Crippen LogP contribution in [-0.4, -0.2) is 5.11 Å². The number of hydrogen-bond donors (Lipinski definition) is 1. The van der Waals surface area contributed by atoms with Gasteiger partial charge in [0.15, 0.2) is 0 Å². The summed E-state index contributed by atoms with van der Waals surface area (Å²) in [5, 5.41) is 10.1. The molecule has 1 N–H and O–H groups in total. The molecule has 1 heterocycles. The van der Waals surface area contributed by atoms with Gasteiger partial charge in [0.25, 0.3) is 0 Å². The van der Waals surface area contributed by atoms with Gasteiger partial charge >= 0.3 is 6.18 Å². The number of alkyl halides is 3. The number of benzene rings is 1. The van der Waals surface area contributed by atoms with E-state index in [1.807, 2.05) is 13.0 Å². The first-order chi connectivity index (χ1) is 9.81. The van der Waals surface area contributed by atoms with Crippen molar-refractivity contribution in [3.05, 3.63) is 57.0 Å². The van der Waals surface area contributed by atoms with Crippen LogP contribution >= 0.6 is 11.3 Å². The third kappa shape index (κ3) is 3.83. The maximum atomic E-state index is 13.2. The van der Waals surface area contributed by atoms with E-state index in [0.29, 0.717) is 6.07 Å². The highest BCUT2D eigenvalue weighted by molar-refractivity contribution is 7.11. The lowest BCUT2D eigenvalue weighted by Crippen LogP contribution is -2.13. The molecule has 0 aliphatic rings. The molecule has 1 aromatic carbocycles. The van der Waals surface area contributed by atoms with Gasteiger partial charge in [0.1, 0.15) is 5.82 Å². The van der Waals surface area contributed by atoms with Crippen molar-refractivity contribution in [3.63, 3.8) is 0 Å². The van der Waals surface area contributed by atoms with Crippen LogP contribution in [0.15, 0.2) is 30.3 Å². The molecule has 0 bridgehead atoms. The van der Waals surface area contributed by atoms with Crippen LogP contribution in [0.25, 0.3) is 0 Å². The van der Waals surface area contributed by atoms with E-state index in [1.54, 1.807) is 6.07 Å². The second-order valence-electron chi connectivity index (χ2n) is 4.67. The summed E-state index contributed by atoms with van der Waals surface area (Å²) in [4.78, 5) is 1.87. The van der Waals surface area contributed by atoms with Crippen molar-refractivity contribution in [1.82, 2.24) is 0 Å². The molecule has 0 fully saturated rings. The van der Waals surface area contributed by atoms with Gasteiger partial charge in [0.05, 0.1) is 11.7 Å². The molecule has 0 saturated heterocycles. The minimum atomic E-state index is -4.62. The molecule has 0 aliphatic heterocycles. The third-order valence-corrected chi connectivity index (χ3v) is 4.39. The maximum Gasteiger partial charge on any atom is 0.416 e. The summed E-state index contributed by atoms with van der Waals surface area (Å²) in [6.45, 7) is 1.97. The van der Waals surface area contributed by atoms with Gasteiger partial charge in [-0.05, 0) is 42.3 Å². The van der Waals surface area contributed by atoms with Crippen molar-refractivity contribution in [2.24, 2.45) is 0 Å². The Bertz CT molecular complexity index is 618. The van der Waals surface area contributed by atoms with Crippen molar-refractivity contribution in [1.29, 1.82) is 0 Å². The van der Waals surface area contributed by atoms with Gasteiger partial charge in [-0.1, -0.05) is 6.92 Å². The third-order valence-electron chi connectivity index (χ3n) is 3.14. The normalized spacial score (nSPS) is 13.4. The van der Waals surface area contributed by atoms with Gasteiger partial charge in [-0.3, -0.25) is 0 Å². The number of thiophene rings is 1. The Balaban J connectivity index is 2.29. The molecule has 1 aromatic heterocycles. The molecular weight excluding hydrogens is 304 g/mol. The lowest BCUT2D eigenvalue weighted by atomic mass is 9.99. The largest absolute Gasteiger partial charge is 0.416 e. The summed E-state index contributed by atoms with van der Waals surface area (Å²) in [5.74, 6) is -0.794. The maximum absolute atomic E-state index is 13.2. The summed E-state index contributed by atoms with van der Waals surface area (Å²) in [6, 6.07) is 5.82. The lowest BCUT2D eigenvalue weighted by Gasteiger charge is -2.17. The van der Waals surface area contributed by atoms with Crippen LogP contribution in [0, 0.1) is 5.82 Å². The van der Waals surface area contributed by atoms with Gasteiger partial charge in [0, 0.05) is 16.2 Å². The average Bonchev–Trinajstić information content (AvgIpc) is 2.84. The molecule has 0 spiro atoms. The smallest absolute Gasteiger partial charge is 0.388 e. The Labute approximate surface area is 123 Å². The van der Waals surface area contributed by atoms with Crippen molar-refractivity contribution in [2.45, 2.75) is 32.0 Å². The average molecular weight is 318 g/mol. The number of aryl methyl sites for hydroxylation is 1. The van der Waals surface area contributed by atoms with Crippen LogP contribution in [0.3, 0.4) is 0 Å². The molecule has 2 rings (SSSR count). The molecule has 0 aliphatic carbocycles. The van der Waals surface area contributed by atoms with E-state index < -0.39 is 29.2 Å². The van der Waals surface area contributed by atoms with Crippen LogP contribution in [0.2, 0.25) is 0 Å². The molecule has 0 radical (unpaired) electrons. The second-order valence-corrected chi connectivity index (χ2v) is 5.92. The van der Waals surface area contributed by atoms with E-state index in [4.69, 9.17) is 0 Å². The number of halogens is 4. The topological polar surface area (TPSA) is 20.2 Å². The first-order valence-electron chi connectivity index (χ1n) is 6.43. The van der Waals surface area contributed by atoms with Crippen LogP contribution in [-0.2, 0) is 19.0 Å². The molecule has 2 aromatic rings. The minimum absolute atomic E-state index is 0.0389. The summed E-state index contributed by atoms with van der Waals surface area (Å²) in [5.41, 5.74) is -1.42. The van der Waals surface area contributed by atoms with E-state index in [2.05, 4.69) is 0 Å². The van der Waals surface area contributed by atoms with E-state index in [9.17, 15) is 22.7 Å². The van der Waals surface area contributed by atoms with Crippen molar-refractivity contribution < 1.29 is 22.7 Å². The van der Waals surface area contributed by atoms with Crippen molar-refractivity contribution >= 4 is 11.3 Å². The SMILES string of the molecule is CCc1ccc(CC(O)c2cc(F)ccc2C(F)(F)F)s1. The van der Waals surface area contributed by atoms with Crippen LogP contribution in [0.1, 0.15) is 33.9 Å². The summed E-state index contributed by atoms with van der Waals surface area (Å²) in [6.07, 6.45) is -5.14. The van der Waals surface area contributed by atoms with Gasteiger partial charge < -0.3 is 5.11 Å². The van der Waals surface area contributed by atoms with Gasteiger partial charge in [-0.2, -0.15) is 13.2 Å². The molecule has 114 valence electrons. The predicted molar refractivity (Wildman–Crippen MR) is 73.8 cm³/mol. The summed E-state index contributed by atoms with van der Waals surface area (Å²) in [7, 11) is 0.